The predicted molar refractivity (Wildman–Crippen MR) is 150 cm³/mol. The van der Waals surface area contributed by atoms with Crippen LogP contribution in [0.4, 0.5) is 5.69 Å². The van der Waals surface area contributed by atoms with Crippen molar-refractivity contribution in [3.05, 3.63) is 95.1 Å². The van der Waals surface area contributed by atoms with Crippen molar-refractivity contribution < 1.29 is 22.7 Å². The lowest BCUT2D eigenvalue weighted by Gasteiger charge is -2.33. The maximum atomic E-state index is 14.0. The van der Waals surface area contributed by atoms with Gasteiger partial charge in [0.15, 0.2) is 0 Å². The maximum Gasteiger partial charge on any atom is 0.244 e. The number of sulfonamides is 1. The number of methoxy groups -OCH3 is 1. The smallest absolute Gasteiger partial charge is 0.244 e. The summed E-state index contributed by atoms with van der Waals surface area (Å²) in [4.78, 5) is 28.7. The van der Waals surface area contributed by atoms with Crippen molar-refractivity contribution in [2.45, 2.75) is 32.9 Å². The van der Waals surface area contributed by atoms with Crippen LogP contribution in [0.15, 0.2) is 72.8 Å². The highest BCUT2D eigenvalue weighted by atomic mass is 32.2. The van der Waals surface area contributed by atoms with Crippen LogP contribution in [0.25, 0.3) is 0 Å². The van der Waals surface area contributed by atoms with Crippen molar-refractivity contribution >= 4 is 27.5 Å². The molecule has 1 unspecified atom stereocenters. The number of aryl methyl sites for hydroxylation is 2. The molecule has 1 N–H and O–H groups in total. The molecule has 0 fully saturated rings. The Balaban J connectivity index is 2.08. The monoisotopic (exact) mass is 537 g/mol. The van der Waals surface area contributed by atoms with Crippen LogP contribution in [-0.4, -0.2) is 58.1 Å². The van der Waals surface area contributed by atoms with Gasteiger partial charge in [-0.1, -0.05) is 60.7 Å². The highest BCUT2D eigenvalue weighted by molar-refractivity contribution is 7.92. The zero-order valence-electron chi connectivity index (χ0n) is 22.5. The van der Waals surface area contributed by atoms with Crippen molar-refractivity contribution in [1.82, 2.24) is 10.2 Å². The van der Waals surface area contributed by atoms with Gasteiger partial charge in [-0.2, -0.15) is 0 Å². The highest BCUT2D eigenvalue weighted by Gasteiger charge is 2.33. The number of benzene rings is 3. The average Bonchev–Trinajstić information content (AvgIpc) is 2.89. The van der Waals surface area contributed by atoms with Crippen LogP contribution in [0.2, 0.25) is 0 Å². The number of anilines is 1. The first-order valence-corrected chi connectivity index (χ1v) is 14.1. The molecule has 0 saturated carbocycles. The Morgan fingerprint density at radius 3 is 2.24 bits per heavy atom. The second kappa shape index (κ2) is 12.6. The van der Waals surface area contributed by atoms with E-state index in [0.29, 0.717) is 5.75 Å². The number of rotatable bonds is 11. The van der Waals surface area contributed by atoms with E-state index in [-0.39, 0.29) is 24.6 Å². The fourth-order valence-corrected chi connectivity index (χ4v) is 5.13. The summed E-state index contributed by atoms with van der Waals surface area (Å²) in [5.41, 5.74) is 3.77. The molecule has 2 amide bonds. The molecule has 202 valence electrons. The summed E-state index contributed by atoms with van der Waals surface area (Å²) in [6, 6.07) is 21.3. The minimum atomic E-state index is -3.88. The lowest BCUT2D eigenvalue weighted by molar-refractivity contribution is -0.139. The first-order valence-electron chi connectivity index (χ1n) is 12.3. The van der Waals surface area contributed by atoms with Gasteiger partial charge < -0.3 is 15.0 Å². The molecular weight excluding hydrogens is 502 g/mol. The van der Waals surface area contributed by atoms with Gasteiger partial charge in [-0.3, -0.25) is 13.9 Å². The summed E-state index contributed by atoms with van der Waals surface area (Å²) in [6.45, 7) is 3.41. The van der Waals surface area contributed by atoms with Crippen LogP contribution in [-0.2, 0) is 32.6 Å². The van der Waals surface area contributed by atoms with Crippen LogP contribution >= 0.6 is 0 Å². The second-order valence-corrected chi connectivity index (χ2v) is 11.1. The third kappa shape index (κ3) is 7.13. The Kier molecular flexibility index (Phi) is 9.52. The van der Waals surface area contributed by atoms with Gasteiger partial charge in [0, 0.05) is 20.0 Å². The van der Waals surface area contributed by atoms with Crippen LogP contribution in [0, 0.1) is 13.8 Å². The Hall–Kier alpha value is -3.85. The summed E-state index contributed by atoms with van der Waals surface area (Å²) in [7, 11) is -0.910. The molecule has 0 aliphatic carbocycles. The van der Waals surface area contributed by atoms with E-state index in [4.69, 9.17) is 4.74 Å². The summed E-state index contributed by atoms with van der Waals surface area (Å²) < 4.78 is 32.4. The van der Waals surface area contributed by atoms with Gasteiger partial charge in [0.05, 0.1) is 19.1 Å². The van der Waals surface area contributed by atoms with Crippen molar-refractivity contribution in [3.8, 4) is 5.75 Å². The summed E-state index contributed by atoms with van der Waals surface area (Å²) in [5, 5.41) is 2.68. The molecule has 0 aromatic heterocycles. The normalized spacial score (nSPS) is 11.9. The van der Waals surface area contributed by atoms with E-state index >= 15 is 0 Å². The Morgan fingerprint density at radius 2 is 1.63 bits per heavy atom. The van der Waals surface area contributed by atoms with Gasteiger partial charge in [-0.25, -0.2) is 8.42 Å². The maximum absolute atomic E-state index is 14.0. The second-order valence-electron chi connectivity index (χ2n) is 9.21. The summed E-state index contributed by atoms with van der Waals surface area (Å²) >= 11 is 0. The topological polar surface area (TPSA) is 96.0 Å². The van der Waals surface area contributed by atoms with Crippen LogP contribution < -0.4 is 14.4 Å². The third-order valence-electron chi connectivity index (χ3n) is 6.40. The van der Waals surface area contributed by atoms with Gasteiger partial charge >= 0.3 is 0 Å². The Morgan fingerprint density at radius 1 is 0.974 bits per heavy atom. The molecule has 38 heavy (non-hydrogen) atoms. The van der Waals surface area contributed by atoms with Gasteiger partial charge in [-0.15, -0.1) is 0 Å². The summed E-state index contributed by atoms with van der Waals surface area (Å²) in [6.07, 6.45) is 1.32. The molecule has 0 bridgehead atoms. The van der Waals surface area contributed by atoms with E-state index in [2.05, 4.69) is 5.32 Å². The molecule has 0 spiro atoms. The minimum Gasteiger partial charge on any atom is -0.495 e. The predicted octanol–water partition coefficient (Wildman–Crippen LogP) is 3.46. The first-order chi connectivity index (χ1) is 18.0. The van der Waals surface area contributed by atoms with Crippen molar-refractivity contribution in [3.63, 3.8) is 0 Å². The fraction of sp³-hybridized carbons (Fsp3) is 0.310. The Labute approximate surface area is 225 Å². The first kappa shape index (κ1) is 28.7. The average molecular weight is 538 g/mol. The number of nitrogens with zero attached hydrogens (tertiary/aromatic N) is 2. The van der Waals surface area contributed by atoms with E-state index < -0.39 is 28.5 Å². The summed E-state index contributed by atoms with van der Waals surface area (Å²) in [5.74, 6) is -0.520. The molecule has 0 radical (unpaired) electrons. The highest BCUT2D eigenvalue weighted by Crippen LogP contribution is 2.31. The lowest BCUT2D eigenvalue weighted by Crippen LogP contribution is -2.53. The SMILES string of the molecule is CNC(=O)C(Cc1ccccc1)N(Cc1ccccc1C)C(=O)CN(c1cc(C)ccc1OC)S(C)(=O)=O. The van der Waals surface area contributed by atoms with Crippen molar-refractivity contribution in [1.29, 1.82) is 0 Å². The number of hydrogen-bond donors (Lipinski definition) is 1. The molecule has 3 aromatic rings. The lowest BCUT2D eigenvalue weighted by atomic mass is 10.0. The van der Waals surface area contributed by atoms with Gasteiger partial charge in [0.25, 0.3) is 0 Å². The number of carbonyl (C=O) groups is 2. The van der Waals surface area contributed by atoms with E-state index in [1.165, 1.54) is 19.1 Å². The zero-order chi connectivity index (χ0) is 27.9. The van der Waals surface area contributed by atoms with Crippen molar-refractivity contribution in [2.75, 3.05) is 31.3 Å². The van der Waals surface area contributed by atoms with E-state index in [9.17, 15) is 18.0 Å². The van der Waals surface area contributed by atoms with E-state index in [1.807, 2.05) is 68.4 Å². The molecule has 3 aromatic carbocycles. The largest absolute Gasteiger partial charge is 0.495 e. The molecule has 9 heteroatoms. The molecule has 8 nitrogen and oxygen atoms in total. The van der Waals surface area contributed by atoms with Crippen molar-refractivity contribution in [2.24, 2.45) is 0 Å². The quantitative estimate of drug-likeness (QED) is 0.404. The van der Waals surface area contributed by atoms with E-state index in [0.717, 1.165) is 32.8 Å². The molecule has 0 saturated heterocycles. The fourth-order valence-electron chi connectivity index (χ4n) is 4.28. The number of nitrogens with one attached hydrogen (secondary N) is 1. The van der Waals surface area contributed by atoms with E-state index in [1.54, 1.807) is 18.2 Å². The number of likely N-dealkylation sites (N-methyl/N-ethyl adjacent to an activating group) is 1. The number of carbonyl (C=O) groups excluding carboxylic acids is 2. The van der Waals surface area contributed by atoms with Crippen LogP contribution in [0.1, 0.15) is 22.3 Å². The molecule has 0 aliphatic rings. The third-order valence-corrected chi connectivity index (χ3v) is 7.53. The minimum absolute atomic E-state index is 0.138. The van der Waals surface area contributed by atoms with Gasteiger partial charge in [0.2, 0.25) is 21.8 Å². The zero-order valence-corrected chi connectivity index (χ0v) is 23.3. The number of ether oxygens (including phenoxy) is 1. The standard InChI is InChI=1S/C29H35N3O5S/c1-21-15-16-27(37-4)25(17-21)32(38(5,35)36)20-28(33)31(19-24-14-10-9-11-22(24)2)26(29(34)30-3)18-23-12-7-6-8-13-23/h6-17,26H,18-20H2,1-5H3,(H,30,34). The molecule has 1 atom stereocenters. The van der Waals surface area contributed by atoms with Crippen LogP contribution in [0.3, 0.4) is 0 Å². The number of hydrogen-bond acceptors (Lipinski definition) is 5. The van der Waals surface area contributed by atoms with Gasteiger partial charge in [-0.05, 0) is 48.2 Å². The molecule has 0 aliphatic heterocycles. The van der Waals surface area contributed by atoms with Crippen LogP contribution in [0.5, 0.6) is 5.75 Å². The van der Waals surface area contributed by atoms with Gasteiger partial charge in [0.1, 0.15) is 18.3 Å². The Bertz CT molecular complexity index is 1380. The molecular formula is C29H35N3O5S. The number of amides is 2. The molecule has 0 heterocycles. The molecule has 3 rings (SSSR count).